The Balaban J connectivity index is 2.01. The molecule has 0 aliphatic carbocycles. The van der Waals surface area contributed by atoms with Crippen molar-refractivity contribution < 1.29 is 22.7 Å². The number of methoxy groups -OCH3 is 1. The average Bonchev–Trinajstić information content (AvgIpc) is 3.18. The van der Waals surface area contributed by atoms with Crippen LogP contribution in [0.5, 0.6) is 5.75 Å². The fourth-order valence-corrected chi connectivity index (χ4v) is 3.96. The van der Waals surface area contributed by atoms with Crippen LogP contribution in [0, 0.1) is 0 Å². The van der Waals surface area contributed by atoms with Crippen molar-refractivity contribution in [3.63, 3.8) is 0 Å². The number of likely N-dealkylation sites (N-methyl/N-ethyl adjacent to an activating group) is 2. The summed E-state index contributed by atoms with van der Waals surface area (Å²) >= 11 is 0. The minimum absolute atomic E-state index is 0.161. The Kier molecular flexibility index (Phi) is 8.06. The largest absolute Gasteiger partial charge is 0.496 e. The van der Waals surface area contributed by atoms with Gasteiger partial charge in [0.2, 0.25) is 5.91 Å². The maximum Gasteiger partial charge on any atom is 0.432 e. The van der Waals surface area contributed by atoms with E-state index in [1.54, 1.807) is 42.5 Å². The fraction of sp³-hybridized carbons (Fsp3) is 0.375. The van der Waals surface area contributed by atoms with E-state index in [0.29, 0.717) is 23.5 Å². The number of ether oxygens (including phenoxy) is 1. The molecule has 184 valence electrons. The van der Waals surface area contributed by atoms with Gasteiger partial charge in [0.25, 0.3) is 0 Å². The number of hydrogen-bond donors (Lipinski definition) is 2. The van der Waals surface area contributed by atoms with Gasteiger partial charge in [-0.1, -0.05) is 30.3 Å². The van der Waals surface area contributed by atoms with E-state index in [0.717, 1.165) is 29.7 Å². The molecule has 3 rings (SSSR count). The van der Waals surface area contributed by atoms with E-state index >= 15 is 0 Å². The van der Waals surface area contributed by atoms with Gasteiger partial charge in [-0.3, -0.25) is 14.8 Å². The Hall–Kier alpha value is -3.24. The van der Waals surface area contributed by atoms with Crippen molar-refractivity contribution in [1.82, 2.24) is 15.2 Å². The molecule has 0 spiro atoms. The number of benzene rings is 2. The quantitative estimate of drug-likeness (QED) is 0.548. The van der Waals surface area contributed by atoms with Crippen molar-refractivity contribution in [2.24, 2.45) is 5.73 Å². The van der Waals surface area contributed by atoms with E-state index < -0.39 is 23.8 Å². The predicted octanol–water partition coefficient (Wildman–Crippen LogP) is 2.88. The molecule has 1 heterocycles. The van der Waals surface area contributed by atoms with Crippen LogP contribution in [0.3, 0.4) is 0 Å². The summed E-state index contributed by atoms with van der Waals surface area (Å²) in [6, 6.07) is 12.7. The first kappa shape index (κ1) is 25.4. The molecule has 0 radical (unpaired) electrons. The van der Waals surface area contributed by atoms with Crippen LogP contribution in [-0.4, -0.2) is 62.3 Å². The normalized spacial score (nSPS) is 16.2. The zero-order valence-corrected chi connectivity index (χ0v) is 19.5. The molecular weight excluding hydrogens is 447 g/mol. The molecule has 2 aromatic rings. The van der Waals surface area contributed by atoms with Gasteiger partial charge >= 0.3 is 6.18 Å². The summed E-state index contributed by atoms with van der Waals surface area (Å²) in [6.45, 7) is 2.04. The molecule has 1 aliphatic rings. The maximum atomic E-state index is 14.1. The zero-order valence-electron chi connectivity index (χ0n) is 19.5. The summed E-state index contributed by atoms with van der Waals surface area (Å²) in [5.74, 6) is -0.424. The van der Waals surface area contributed by atoms with Crippen LogP contribution < -0.4 is 20.8 Å². The van der Waals surface area contributed by atoms with Crippen LogP contribution in [0.4, 0.5) is 18.9 Å². The number of nitrogens with two attached hydrogens (primary N) is 1. The highest BCUT2D eigenvalue weighted by Gasteiger charge is 2.47. The molecule has 1 unspecified atom stereocenters. The second-order valence-electron chi connectivity index (χ2n) is 8.12. The van der Waals surface area contributed by atoms with Crippen LogP contribution in [0.1, 0.15) is 11.1 Å². The first-order valence-electron chi connectivity index (χ1n) is 10.8. The Bertz CT molecular complexity index is 1030. The van der Waals surface area contributed by atoms with Gasteiger partial charge in [-0.15, -0.1) is 0 Å². The molecule has 0 bridgehead atoms. The Morgan fingerprint density at radius 1 is 1.21 bits per heavy atom. The number of carbonyl (C=O) groups excluding carboxylic acids is 1. The van der Waals surface area contributed by atoms with Crippen molar-refractivity contribution in [2.45, 2.75) is 25.3 Å². The Labute approximate surface area is 197 Å². The van der Waals surface area contributed by atoms with Crippen LogP contribution in [0.25, 0.3) is 0 Å². The fourth-order valence-electron chi connectivity index (χ4n) is 3.96. The molecule has 1 amide bonds. The van der Waals surface area contributed by atoms with Crippen molar-refractivity contribution in [3.8, 4) is 5.75 Å². The lowest BCUT2D eigenvalue weighted by molar-refractivity contribution is -0.119. The van der Waals surface area contributed by atoms with Crippen LogP contribution in [-0.2, 0) is 17.9 Å². The first-order valence-corrected chi connectivity index (χ1v) is 10.8. The molecule has 0 saturated heterocycles. The van der Waals surface area contributed by atoms with Gasteiger partial charge in [0, 0.05) is 25.2 Å². The summed E-state index contributed by atoms with van der Waals surface area (Å²) in [5.41, 5.74) is 6.49. The third-order valence-electron chi connectivity index (χ3n) is 5.58. The molecule has 34 heavy (non-hydrogen) atoms. The molecule has 2 aromatic carbocycles. The highest BCUT2D eigenvalue weighted by atomic mass is 19.4. The third-order valence-corrected chi connectivity index (χ3v) is 5.58. The highest BCUT2D eigenvalue weighted by Crippen LogP contribution is 2.40. The minimum atomic E-state index is -4.69. The molecule has 1 atom stereocenters. The number of alkyl halides is 3. The monoisotopic (exact) mass is 477 g/mol. The number of rotatable bonds is 10. The molecule has 0 aromatic heterocycles. The van der Waals surface area contributed by atoms with Gasteiger partial charge < -0.3 is 20.7 Å². The average molecular weight is 478 g/mol. The number of carbonyl (C=O) groups is 1. The number of primary amides is 1. The zero-order chi connectivity index (χ0) is 24.9. The molecule has 0 saturated carbocycles. The smallest absolute Gasteiger partial charge is 0.432 e. The minimum Gasteiger partial charge on any atom is -0.496 e. The lowest BCUT2D eigenvalue weighted by Crippen LogP contribution is -2.49. The topological polar surface area (TPSA) is 74.1 Å². The van der Waals surface area contributed by atoms with E-state index in [2.05, 4.69) is 10.2 Å². The number of nitrogens with zero attached hydrogens (tertiary/aromatic N) is 3. The Morgan fingerprint density at radius 3 is 2.59 bits per heavy atom. The summed E-state index contributed by atoms with van der Waals surface area (Å²) in [7, 11) is 5.29. The SMILES string of the molecule is CNCCN(C)Cc1cccc(N2C(C(N)=O)C=C(C(F)(F)F)N2Cc2ccccc2OC)c1. The first-order chi connectivity index (χ1) is 16.2. The van der Waals surface area contributed by atoms with E-state index in [4.69, 9.17) is 10.5 Å². The van der Waals surface area contributed by atoms with Crippen molar-refractivity contribution in [3.05, 3.63) is 71.4 Å². The van der Waals surface area contributed by atoms with Crippen LogP contribution in [0.15, 0.2) is 60.3 Å². The van der Waals surface area contributed by atoms with Crippen LogP contribution in [0.2, 0.25) is 0 Å². The lowest BCUT2D eigenvalue weighted by atomic mass is 10.1. The number of para-hydroxylation sites is 1. The molecule has 1 aliphatic heterocycles. The number of halogens is 3. The van der Waals surface area contributed by atoms with E-state index in [1.807, 2.05) is 20.2 Å². The highest BCUT2D eigenvalue weighted by molar-refractivity contribution is 5.87. The van der Waals surface area contributed by atoms with Crippen molar-refractivity contribution in [1.29, 1.82) is 0 Å². The molecule has 0 fully saturated rings. The third kappa shape index (κ3) is 5.81. The van der Waals surface area contributed by atoms with Gasteiger partial charge in [-0.25, -0.2) is 0 Å². The van der Waals surface area contributed by atoms with Crippen molar-refractivity contribution in [2.75, 3.05) is 39.3 Å². The molecule has 10 heteroatoms. The summed E-state index contributed by atoms with van der Waals surface area (Å²) < 4.78 is 47.5. The number of amides is 1. The van der Waals surface area contributed by atoms with Gasteiger partial charge in [0.05, 0.1) is 19.3 Å². The van der Waals surface area contributed by atoms with E-state index in [1.165, 1.54) is 12.1 Å². The van der Waals surface area contributed by atoms with Crippen molar-refractivity contribution >= 4 is 11.6 Å². The summed E-state index contributed by atoms with van der Waals surface area (Å²) in [4.78, 5) is 14.4. The predicted molar refractivity (Wildman–Crippen MR) is 125 cm³/mol. The summed E-state index contributed by atoms with van der Waals surface area (Å²) in [6.07, 6.45) is -3.81. The molecule has 7 nitrogen and oxygen atoms in total. The van der Waals surface area contributed by atoms with E-state index in [-0.39, 0.29) is 6.54 Å². The Morgan fingerprint density at radius 2 is 1.94 bits per heavy atom. The van der Waals surface area contributed by atoms with E-state index in [9.17, 15) is 18.0 Å². The number of hydrogen-bond acceptors (Lipinski definition) is 6. The number of nitrogens with one attached hydrogen (secondary N) is 1. The lowest BCUT2D eigenvalue weighted by Gasteiger charge is -2.37. The van der Waals surface area contributed by atoms with Gasteiger partial charge in [-0.2, -0.15) is 13.2 Å². The summed E-state index contributed by atoms with van der Waals surface area (Å²) in [5, 5.41) is 5.45. The maximum absolute atomic E-state index is 14.1. The molecule has 3 N–H and O–H groups in total. The standard InChI is InChI=1S/C24H30F3N5O2/c1-29-11-12-30(2)15-17-7-6-9-19(13-17)32-20(23(28)33)14-22(24(25,26)27)31(32)16-18-8-4-5-10-21(18)34-3/h4-10,13-14,20,29H,11-12,15-16H2,1-3H3,(H2,28,33). The van der Waals surface area contributed by atoms with Crippen LogP contribution >= 0.6 is 0 Å². The second-order valence-corrected chi connectivity index (χ2v) is 8.12. The van der Waals surface area contributed by atoms with Gasteiger partial charge in [0.1, 0.15) is 17.5 Å². The van der Waals surface area contributed by atoms with Gasteiger partial charge in [-0.05, 0) is 43.9 Å². The number of hydrazine groups is 1. The molecular formula is C24H30F3N5O2. The van der Waals surface area contributed by atoms with Gasteiger partial charge in [0.15, 0.2) is 0 Å². The second kappa shape index (κ2) is 10.8. The number of allylic oxidation sites excluding steroid dienone is 1. The number of anilines is 1.